The number of aromatic nitrogens is 2. The van der Waals surface area contributed by atoms with Crippen LogP contribution in [0.25, 0.3) is 0 Å². The lowest BCUT2D eigenvalue weighted by molar-refractivity contribution is -0.125. The van der Waals surface area contributed by atoms with Crippen LogP contribution in [0.4, 0.5) is 0 Å². The molecule has 0 aromatic carbocycles. The second kappa shape index (κ2) is 7.00. The Balaban J connectivity index is 1.76. The quantitative estimate of drug-likeness (QED) is 0.826. The molecule has 2 rings (SSSR count). The first kappa shape index (κ1) is 15.9. The number of carbonyl (C=O) groups excluding carboxylic acids is 1. The van der Waals surface area contributed by atoms with Gasteiger partial charge in [-0.15, -0.1) is 0 Å². The van der Waals surface area contributed by atoms with E-state index in [0.717, 1.165) is 13.0 Å². The van der Waals surface area contributed by atoms with Crippen molar-refractivity contribution in [3.8, 4) is 0 Å². The van der Waals surface area contributed by atoms with Crippen LogP contribution in [0.2, 0.25) is 0 Å². The molecule has 21 heavy (non-hydrogen) atoms. The zero-order valence-corrected chi connectivity index (χ0v) is 13.1. The van der Waals surface area contributed by atoms with Gasteiger partial charge in [0, 0.05) is 32.5 Å². The maximum absolute atomic E-state index is 12.1. The zero-order valence-electron chi connectivity index (χ0n) is 13.1. The minimum absolute atomic E-state index is 0.0284. The van der Waals surface area contributed by atoms with Gasteiger partial charge in [0.1, 0.15) is 0 Å². The maximum Gasteiger partial charge on any atom is 0.237 e. The molecule has 1 aliphatic rings. The minimum atomic E-state index is -0.121. The van der Waals surface area contributed by atoms with Crippen LogP contribution in [0.5, 0.6) is 0 Å². The smallest absolute Gasteiger partial charge is 0.237 e. The van der Waals surface area contributed by atoms with Gasteiger partial charge in [0.05, 0.1) is 12.1 Å². The predicted octanol–water partition coefficient (Wildman–Crippen LogP) is 0.571. The molecule has 2 heterocycles. The Bertz CT molecular complexity index is 475. The monoisotopic (exact) mass is 296 g/mol. The van der Waals surface area contributed by atoms with E-state index in [1.165, 1.54) is 0 Å². The van der Waals surface area contributed by atoms with Gasteiger partial charge < -0.3 is 14.6 Å². The lowest BCUT2D eigenvalue weighted by Crippen LogP contribution is -2.42. The molecule has 7 heteroatoms. The summed E-state index contributed by atoms with van der Waals surface area (Å²) in [6, 6.07) is -0.121. The molecule has 1 aliphatic heterocycles. The lowest BCUT2D eigenvalue weighted by atomic mass is 10.2. The third kappa shape index (κ3) is 4.01. The molecule has 118 valence electrons. The molecule has 1 aromatic heterocycles. The molecular weight excluding hydrogens is 272 g/mol. The van der Waals surface area contributed by atoms with E-state index in [9.17, 15) is 4.79 Å². The summed E-state index contributed by atoms with van der Waals surface area (Å²) in [6.07, 6.45) is 1.42. The lowest BCUT2D eigenvalue weighted by Gasteiger charge is -2.17. The summed E-state index contributed by atoms with van der Waals surface area (Å²) in [6.45, 7) is 5.31. The Morgan fingerprint density at radius 2 is 2.33 bits per heavy atom. The van der Waals surface area contributed by atoms with Crippen LogP contribution in [-0.4, -0.2) is 60.3 Å². The van der Waals surface area contributed by atoms with E-state index in [1.54, 1.807) is 7.11 Å². The highest BCUT2D eigenvalue weighted by molar-refractivity contribution is 5.82. The summed E-state index contributed by atoms with van der Waals surface area (Å²) in [4.78, 5) is 18.5. The number of methoxy groups -OCH3 is 1. The Labute approximate surface area is 125 Å². The Kier molecular flexibility index (Phi) is 5.30. The van der Waals surface area contributed by atoms with Crippen LogP contribution >= 0.6 is 0 Å². The van der Waals surface area contributed by atoms with Crippen LogP contribution in [0.15, 0.2) is 4.52 Å². The van der Waals surface area contributed by atoms with Crippen molar-refractivity contribution < 1.29 is 14.1 Å². The van der Waals surface area contributed by atoms with Crippen molar-refractivity contribution in [3.63, 3.8) is 0 Å². The van der Waals surface area contributed by atoms with Crippen LogP contribution in [0.3, 0.4) is 0 Å². The molecule has 0 spiro atoms. The maximum atomic E-state index is 12.1. The van der Waals surface area contributed by atoms with E-state index in [4.69, 9.17) is 9.26 Å². The SMILES string of the molecule is CO[C@H]1C[C@@H](C(=O)NCCc2nc(C(C)C)no2)N(C)C1. The average molecular weight is 296 g/mol. The number of hydrogen-bond acceptors (Lipinski definition) is 6. The fourth-order valence-electron chi connectivity index (χ4n) is 2.44. The van der Waals surface area contributed by atoms with E-state index in [1.807, 2.05) is 25.8 Å². The van der Waals surface area contributed by atoms with Gasteiger partial charge in [-0.2, -0.15) is 4.98 Å². The van der Waals surface area contributed by atoms with Gasteiger partial charge in [-0.05, 0) is 13.5 Å². The van der Waals surface area contributed by atoms with Gasteiger partial charge in [0.15, 0.2) is 5.82 Å². The number of carbonyl (C=O) groups is 1. The average Bonchev–Trinajstić information content (AvgIpc) is 3.05. The van der Waals surface area contributed by atoms with Crippen LogP contribution in [-0.2, 0) is 16.0 Å². The number of nitrogens with one attached hydrogen (secondary N) is 1. The van der Waals surface area contributed by atoms with Crippen molar-refractivity contribution in [1.82, 2.24) is 20.4 Å². The molecule has 1 fully saturated rings. The fourth-order valence-corrected chi connectivity index (χ4v) is 2.44. The number of ether oxygens (including phenoxy) is 1. The highest BCUT2D eigenvalue weighted by Gasteiger charge is 2.34. The summed E-state index contributed by atoms with van der Waals surface area (Å²) in [5.74, 6) is 1.54. The summed E-state index contributed by atoms with van der Waals surface area (Å²) >= 11 is 0. The molecule has 1 saturated heterocycles. The van der Waals surface area contributed by atoms with Gasteiger partial charge in [-0.3, -0.25) is 9.69 Å². The van der Waals surface area contributed by atoms with Crippen molar-refractivity contribution >= 4 is 5.91 Å². The summed E-state index contributed by atoms with van der Waals surface area (Å²) in [5.41, 5.74) is 0. The molecule has 0 radical (unpaired) electrons. The number of hydrogen-bond donors (Lipinski definition) is 1. The Morgan fingerprint density at radius 1 is 1.57 bits per heavy atom. The predicted molar refractivity (Wildman–Crippen MR) is 76.9 cm³/mol. The molecule has 7 nitrogen and oxygen atoms in total. The molecule has 1 aromatic rings. The Hall–Kier alpha value is -1.47. The second-order valence-electron chi connectivity index (χ2n) is 5.79. The van der Waals surface area contributed by atoms with Gasteiger partial charge in [-0.1, -0.05) is 19.0 Å². The second-order valence-corrected chi connectivity index (χ2v) is 5.79. The standard InChI is InChI=1S/C14H24N4O3/c1-9(2)13-16-12(21-17-13)5-6-15-14(19)11-7-10(20-4)8-18(11)3/h9-11H,5-8H2,1-4H3,(H,15,19)/t10-,11-/m0/s1. The van der Waals surface area contributed by atoms with Gasteiger partial charge in [0.2, 0.25) is 11.8 Å². The van der Waals surface area contributed by atoms with Crippen molar-refractivity contribution in [1.29, 1.82) is 0 Å². The topological polar surface area (TPSA) is 80.5 Å². The summed E-state index contributed by atoms with van der Waals surface area (Å²) in [5, 5.41) is 6.82. The third-order valence-electron chi connectivity index (χ3n) is 3.78. The zero-order chi connectivity index (χ0) is 15.4. The minimum Gasteiger partial charge on any atom is -0.380 e. The molecule has 1 amide bonds. The van der Waals surface area contributed by atoms with Crippen LogP contribution < -0.4 is 5.32 Å². The first-order valence-corrected chi connectivity index (χ1v) is 7.34. The Morgan fingerprint density at radius 3 is 2.90 bits per heavy atom. The molecule has 1 N–H and O–H groups in total. The summed E-state index contributed by atoms with van der Waals surface area (Å²) < 4.78 is 10.5. The van der Waals surface area contributed by atoms with Crippen molar-refractivity contribution in [3.05, 3.63) is 11.7 Å². The molecular formula is C14H24N4O3. The number of likely N-dealkylation sites (tertiary alicyclic amines) is 1. The first-order valence-electron chi connectivity index (χ1n) is 7.34. The van der Waals surface area contributed by atoms with Crippen LogP contribution in [0, 0.1) is 0 Å². The van der Waals surface area contributed by atoms with E-state index in [2.05, 4.69) is 15.5 Å². The van der Waals surface area contributed by atoms with Crippen LogP contribution in [0.1, 0.15) is 37.9 Å². The molecule has 0 saturated carbocycles. The fraction of sp³-hybridized carbons (Fsp3) is 0.786. The molecule has 0 unspecified atom stereocenters. The van der Waals surface area contributed by atoms with E-state index < -0.39 is 0 Å². The molecule has 0 bridgehead atoms. The highest BCUT2D eigenvalue weighted by atomic mass is 16.5. The van der Waals surface area contributed by atoms with Crippen molar-refractivity contribution in [2.75, 3.05) is 27.2 Å². The van der Waals surface area contributed by atoms with E-state index in [-0.39, 0.29) is 24.0 Å². The number of amides is 1. The first-order chi connectivity index (χ1) is 10.0. The molecule has 2 atom stereocenters. The number of likely N-dealkylation sites (N-methyl/N-ethyl adjacent to an activating group) is 1. The van der Waals surface area contributed by atoms with Crippen molar-refractivity contribution in [2.45, 2.75) is 44.8 Å². The number of rotatable bonds is 6. The van der Waals surface area contributed by atoms with Gasteiger partial charge in [0.25, 0.3) is 0 Å². The normalized spacial score (nSPS) is 22.9. The third-order valence-corrected chi connectivity index (χ3v) is 3.78. The van der Waals surface area contributed by atoms with E-state index >= 15 is 0 Å². The van der Waals surface area contributed by atoms with Crippen molar-refractivity contribution in [2.24, 2.45) is 0 Å². The summed E-state index contributed by atoms with van der Waals surface area (Å²) in [7, 11) is 3.62. The van der Waals surface area contributed by atoms with Gasteiger partial charge in [-0.25, -0.2) is 0 Å². The molecule has 0 aliphatic carbocycles. The number of nitrogens with zero attached hydrogens (tertiary/aromatic N) is 3. The van der Waals surface area contributed by atoms with Gasteiger partial charge >= 0.3 is 0 Å². The largest absolute Gasteiger partial charge is 0.380 e. The highest BCUT2D eigenvalue weighted by Crippen LogP contribution is 2.18. The van der Waals surface area contributed by atoms with E-state index in [0.29, 0.717) is 24.7 Å².